The molecule has 2 aliphatic rings. The van der Waals surface area contributed by atoms with Crippen molar-refractivity contribution in [1.82, 2.24) is 9.97 Å². The fraction of sp³-hybridized carbons (Fsp3) is 0.692. The quantitative estimate of drug-likeness (QED) is 0.857. The van der Waals surface area contributed by atoms with Gasteiger partial charge in [0.2, 0.25) is 0 Å². The van der Waals surface area contributed by atoms with Gasteiger partial charge in [0.05, 0.1) is 0 Å². The van der Waals surface area contributed by atoms with Gasteiger partial charge in [0.1, 0.15) is 11.6 Å². The molecule has 1 aromatic heterocycles. The lowest BCUT2D eigenvalue weighted by molar-refractivity contribution is 0.750. The van der Waals surface area contributed by atoms with Crippen LogP contribution >= 0.6 is 0 Å². The number of anilines is 1. The maximum atomic E-state index is 5.96. The van der Waals surface area contributed by atoms with Crippen molar-refractivity contribution in [3.05, 3.63) is 17.6 Å². The Kier molecular flexibility index (Phi) is 2.74. The third kappa shape index (κ3) is 2.27. The van der Waals surface area contributed by atoms with Crippen molar-refractivity contribution in [2.24, 2.45) is 5.73 Å². The van der Waals surface area contributed by atoms with Gasteiger partial charge in [-0.1, -0.05) is 6.92 Å². The summed E-state index contributed by atoms with van der Waals surface area (Å²) in [4.78, 5) is 11.7. The number of aromatic nitrogens is 2. The molecule has 1 saturated heterocycles. The van der Waals surface area contributed by atoms with E-state index < -0.39 is 0 Å². The van der Waals surface area contributed by atoms with E-state index in [1.807, 2.05) is 0 Å². The number of aryl methyl sites for hydroxylation is 1. The van der Waals surface area contributed by atoms with Crippen molar-refractivity contribution in [1.29, 1.82) is 0 Å². The molecule has 2 fully saturated rings. The van der Waals surface area contributed by atoms with E-state index in [9.17, 15) is 0 Å². The zero-order chi connectivity index (χ0) is 11.8. The second kappa shape index (κ2) is 4.26. The second-order valence-electron chi connectivity index (χ2n) is 5.20. The monoisotopic (exact) mass is 232 g/mol. The van der Waals surface area contributed by atoms with Gasteiger partial charge < -0.3 is 10.6 Å². The molecule has 1 aliphatic heterocycles. The van der Waals surface area contributed by atoms with Gasteiger partial charge >= 0.3 is 0 Å². The van der Waals surface area contributed by atoms with Crippen LogP contribution in [-0.4, -0.2) is 29.1 Å². The standard InChI is InChI=1S/C13H20N4/c1-2-11-7-12(17-6-5-10(14)8-17)16-13(15-11)9-3-4-9/h7,9-10H,2-6,8,14H2,1H3. The van der Waals surface area contributed by atoms with E-state index >= 15 is 0 Å². The Morgan fingerprint density at radius 3 is 2.76 bits per heavy atom. The van der Waals surface area contributed by atoms with E-state index in [0.29, 0.717) is 12.0 Å². The number of nitrogens with two attached hydrogens (primary N) is 1. The highest BCUT2D eigenvalue weighted by Gasteiger charge is 2.28. The molecule has 0 amide bonds. The molecule has 0 aromatic carbocycles. The molecule has 2 heterocycles. The summed E-state index contributed by atoms with van der Waals surface area (Å²) in [6.07, 6.45) is 4.57. The first-order valence-corrected chi connectivity index (χ1v) is 6.64. The number of hydrogen-bond acceptors (Lipinski definition) is 4. The van der Waals surface area contributed by atoms with Crippen LogP contribution in [0.2, 0.25) is 0 Å². The zero-order valence-electron chi connectivity index (χ0n) is 10.4. The molecule has 17 heavy (non-hydrogen) atoms. The number of hydrogen-bond donors (Lipinski definition) is 1. The van der Waals surface area contributed by atoms with E-state index in [2.05, 4.69) is 22.9 Å². The summed E-state index contributed by atoms with van der Waals surface area (Å²) in [5.74, 6) is 2.77. The molecule has 2 N–H and O–H groups in total. The van der Waals surface area contributed by atoms with Crippen LogP contribution in [0.1, 0.15) is 43.6 Å². The fourth-order valence-corrected chi connectivity index (χ4v) is 2.37. The van der Waals surface area contributed by atoms with Gasteiger partial charge in [0.25, 0.3) is 0 Å². The lowest BCUT2D eigenvalue weighted by Crippen LogP contribution is -2.27. The van der Waals surface area contributed by atoms with Crippen LogP contribution in [-0.2, 0) is 6.42 Å². The van der Waals surface area contributed by atoms with Crippen molar-refractivity contribution >= 4 is 5.82 Å². The third-order valence-corrected chi connectivity index (χ3v) is 3.64. The van der Waals surface area contributed by atoms with Crippen LogP contribution in [0, 0.1) is 0 Å². The van der Waals surface area contributed by atoms with Crippen LogP contribution in [0.15, 0.2) is 6.07 Å². The van der Waals surface area contributed by atoms with Crippen molar-refractivity contribution in [2.75, 3.05) is 18.0 Å². The van der Waals surface area contributed by atoms with Gasteiger partial charge in [0, 0.05) is 36.8 Å². The Hall–Kier alpha value is -1.16. The largest absolute Gasteiger partial charge is 0.355 e. The first-order valence-electron chi connectivity index (χ1n) is 6.64. The highest BCUT2D eigenvalue weighted by atomic mass is 15.2. The van der Waals surface area contributed by atoms with Crippen molar-refractivity contribution in [3.8, 4) is 0 Å². The third-order valence-electron chi connectivity index (χ3n) is 3.64. The Labute approximate surface area is 102 Å². The summed E-state index contributed by atoms with van der Waals surface area (Å²) < 4.78 is 0. The van der Waals surface area contributed by atoms with Crippen LogP contribution in [0.3, 0.4) is 0 Å². The maximum absolute atomic E-state index is 5.96. The molecule has 3 rings (SSSR count). The summed E-state index contributed by atoms with van der Waals surface area (Å²) in [6, 6.07) is 2.43. The molecule has 1 saturated carbocycles. The van der Waals surface area contributed by atoms with Gasteiger partial charge in [-0.25, -0.2) is 9.97 Å². The van der Waals surface area contributed by atoms with Gasteiger partial charge in [-0.2, -0.15) is 0 Å². The smallest absolute Gasteiger partial charge is 0.134 e. The fourth-order valence-electron chi connectivity index (χ4n) is 2.37. The Bertz CT molecular complexity index is 414. The predicted molar refractivity (Wildman–Crippen MR) is 68.2 cm³/mol. The average Bonchev–Trinajstić information content (AvgIpc) is 3.11. The summed E-state index contributed by atoms with van der Waals surface area (Å²) in [7, 11) is 0. The zero-order valence-corrected chi connectivity index (χ0v) is 10.4. The summed E-state index contributed by atoms with van der Waals surface area (Å²) in [5.41, 5.74) is 7.12. The molecule has 1 unspecified atom stereocenters. The lowest BCUT2D eigenvalue weighted by Gasteiger charge is -2.18. The SMILES string of the molecule is CCc1cc(N2CCC(N)C2)nc(C2CC2)n1. The molecular formula is C13H20N4. The molecule has 4 heteroatoms. The first-order chi connectivity index (χ1) is 8.26. The summed E-state index contributed by atoms with van der Waals surface area (Å²) >= 11 is 0. The van der Waals surface area contributed by atoms with E-state index in [-0.39, 0.29) is 0 Å². The molecule has 1 atom stereocenters. The molecule has 0 radical (unpaired) electrons. The van der Waals surface area contributed by atoms with Crippen LogP contribution in [0.5, 0.6) is 0 Å². The molecule has 92 valence electrons. The molecule has 1 aliphatic carbocycles. The van der Waals surface area contributed by atoms with Crippen LogP contribution < -0.4 is 10.6 Å². The lowest BCUT2D eigenvalue weighted by atomic mass is 10.3. The highest BCUT2D eigenvalue weighted by molar-refractivity contribution is 5.42. The van der Waals surface area contributed by atoms with Crippen molar-refractivity contribution < 1.29 is 0 Å². The number of nitrogens with zero attached hydrogens (tertiary/aromatic N) is 3. The minimum absolute atomic E-state index is 0.305. The molecule has 0 spiro atoms. The van der Waals surface area contributed by atoms with E-state index in [4.69, 9.17) is 10.7 Å². The minimum Gasteiger partial charge on any atom is -0.355 e. The summed E-state index contributed by atoms with van der Waals surface area (Å²) in [5, 5.41) is 0. The van der Waals surface area contributed by atoms with Crippen LogP contribution in [0.25, 0.3) is 0 Å². The molecule has 4 nitrogen and oxygen atoms in total. The maximum Gasteiger partial charge on any atom is 0.134 e. The summed E-state index contributed by atoms with van der Waals surface area (Å²) in [6.45, 7) is 4.12. The second-order valence-corrected chi connectivity index (χ2v) is 5.20. The van der Waals surface area contributed by atoms with Crippen LogP contribution in [0.4, 0.5) is 5.82 Å². The highest BCUT2D eigenvalue weighted by Crippen LogP contribution is 2.38. The molecular weight excluding hydrogens is 212 g/mol. The van der Waals surface area contributed by atoms with Gasteiger partial charge in [-0.15, -0.1) is 0 Å². The van der Waals surface area contributed by atoms with E-state index in [0.717, 1.165) is 43.3 Å². The first kappa shape index (κ1) is 11.0. The average molecular weight is 232 g/mol. The van der Waals surface area contributed by atoms with Gasteiger partial charge in [-0.3, -0.25) is 0 Å². The Morgan fingerprint density at radius 2 is 2.18 bits per heavy atom. The van der Waals surface area contributed by atoms with Gasteiger partial charge in [-0.05, 0) is 25.7 Å². The minimum atomic E-state index is 0.305. The predicted octanol–water partition coefficient (Wildman–Crippen LogP) is 1.45. The van der Waals surface area contributed by atoms with E-state index in [1.54, 1.807) is 0 Å². The topological polar surface area (TPSA) is 55.0 Å². The van der Waals surface area contributed by atoms with Gasteiger partial charge in [0.15, 0.2) is 0 Å². The Morgan fingerprint density at radius 1 is 1.35 bits per heavy atom. The normalized spacial score (nSPS) is 24.4. The van der Waals surface area contributed by atoms with Crippen molar-refractivity contribution in [3.63, 3.8) is 0 Å². The van der Waals surface area contributed by atoms with Crippen molar-refractivity contribution in [2.45, 2.75) is 44.6 Å². The number of rotatable bonds is 3. The Balaban J connectivity index is 1.89. The molecule has 1 aromatic rings. The molecule has 0 bridgehead atoms. The van der Waals surface area contributed by atoms with E-state index in [1.165, 1.54) is 12.8 Å².